The van der Waals surface area contributed by atoms with E-state index in [9.17, 15) is 4.79 Å². The Balaban J connectivity index is 1.71. The maximum Gasteiger partial charge on any atom is 0.224 e. The van der Waals surface area contributed by atoms with Gasteiger partial charge in [-0.1, -0.05) is 24.3 Å². The van der Waals surface area contributed by atoms with Crippen molar-refractivity contribution in [3.05, 3.63) is 66.5 Å². The SMILES string of the molecule is CNCCn1cc(-c2ccc3c(c2)C(Nc2ccccc2)C[C@H](C)N3C(C)=O)cn1. The van der Waals surface area contributed by atoms with Gasteiger partial charge in [-0.25, -0.2) is 0 Å². The van der Waals surface area contributed by atoms with Gasteiger partial charge in [0.15, 0.2) is 0 Å². The van der Waals surface area contributed by atoms with Crippen molar-refractivity contribution in [2.24, 2.45) is 0 Å². The zero-order chi connectivity index (χ0) is 21.1. The van der Waals surface area contributed by atoms with Crippen molar-refractivity contribution in [1.29, 1.82) is 0 Å². The molecule has 2 aromatic carbocycles. The van der Waals surface area contributed by atoms with Crippen LogP contribution in [0.4, 0.5) is 11.4 Å². The van der Waals surface area contributed by atoms with Crippen LogP contribution in [0.1, 0.15) is 31.9 Å². The number of nitrogens with one attached hydrogen (secondary N) is 2. The highest BCUT2D eigenvalue weighted by Gasteiger charge is 2.32. The lowest BCUT2D eigenvalue weighted by molar-refractivity contribution is -0.117. The minimum atomic E-state index is 0.0783. The monoisotopic (exact) mass is 403 g/mol. The Kier molecular flexibility index (Phi) is 5.86. The minimum Gasteiger partial charge on any atom is -0.378 e. The molecular weight excluding hydrogens is 374 g/mol. The number of likely N-dealkylation sites (N-methyl/N-ethyl adjacent to an activating group) is 1. The topological polar surface area (TPSA) is 62.2 Å². The van der Waals surface area contributed by atoms with Crippen molar-refractivity contribution in [1.82, 2.24) is 15.1 Å². The standard InChI is InChI=1S/C24H29N5O/c1-17-13-23(27-21-7-5-4-6-8-21)22-14-19(9-10-24(22)29(17)18(2)30)20-15-26-28(16-20)12-11-25-3/h4-10,14-17,23,25,27H,11-13H2,1-3H3/t17-,23?/m0/s1. The summed E-state index contributed by atoms with van der Waals surface area (Å²) in [6.07, 6.45) is 4.84. The third-order valence-electron chi connectivity index (χ3n) is 5.69. The molecule has 6 heteroatoms. The van der Waals surface area contributed by atoms with Gasteiger partial charge in [0.1, 0.15) is 0 Å². The second-order valence-electron chi connectivity index (χ2n) is 7.91. The molecule has 6 nitrogen and oxygen atoms in total. The average molecular weight is 404 g/mol. The van der Waals surface area contributed by atoms with Crippen LogP contribution in [0.25, 0.3) is 11.1 Å². The Morgan fingerprint density at radius 3 is 2.70 bits per heavy atom. The molecule has 2 heterocycles. The van der Waals surface area contributed by atoms with Gasteiger partial charge < -0.3 is 15.5 Å². The van der Waals surface area contributed by atoms with Crippen LogP contribution in [-0.4, -0.2) is 35.3 Å². The molecule has 1 amide bonds. The molecule has 4 rings (SSSR count). The Morgan fingerprint density at radius 2 is 1.97 bits per heavy atom. The summed E-state index contributed by atoms with van der Waals surface area (Å²) >= 11 is 0. The first-order valence-electron chi connectivity index (χ1n) is 10.5. The molecule has 1 aromatic heterocycles. The molecule has 30 heavy (non-hydrogen) atoms. The van der Waals surface area contributed by atoms with Crippen molar-refractivity contribution in [3.63, 3.8) is 0 Å². The Labute approximate surface area is 177 Å². The van der Waals surface area contributed by atoms with Crippen LogP contribution in [0.2, 0.25) is 0 Å². The second-order valence-corrected chi connectivity index (χ2v) is 7.91. The molecule has 1 aliphatic heterocycles. The van der Waals surface area contributed by atoms with E-state index in [1.807, 2.05) is 41.0 Å². The Hall–Kier alpha value is -3.12. The van der Waals surface area contributed by atoms with Crippen molar-refractivity contribution >= 4 is 17.3 Å². The Morgan fingerprint density at radius 1 is 1.17 bits per heavy atom. The van der Waals surface area contributed by atoms with Crippen molar-refractivity contribution in [2.75, 3.05) is 23.8 Å². The van der Waals surface area contributed by atoms with E-state index in [1.165, 1.54) is 0 Å². The van der Waals surface area contributed by atoms with Crippen LogP contribution in [-0.2, 0) is 11.3 Å². The largest absolute Gasteiger partial charge is 0.378 e. The lowest BCUT2D eigenvalue weighted by Crippen LogP contribution is -2.43. The van der Waals surface area contributed by atoms with E-state index in [4.69, 9.17) is 0 Å². The predicted molar refractivity (Wildman–Crippen MR) is 122 cm³/mol. The number of anilines is 2. The van der Waals surface area contributed by atoms with Crippen LogP contribution < -0.4 is 15.5 Å². The number of para-hydroxylation sites is 1. The van der Waals surface area contributed by atoms with Gasteiger partial charge in [-0.05, 0) is 55.8 Å². The molecule has 1 unspecified atom stereocenters. The molecule has 0 saturated carbocycles. The van der Waals surface area contributed by atoms with E-state index >= 15 is 0 Å². The van der Waals surface area contributed by atoms with Crippen molar-refractivity contribution in [2.45, 2.75) is 38.9 Å². The first kappa shape index (κ1) is 20.2. The molecule has 0 saturated heterocycles. The molecule has 3 aromatic rings. The third kappa shape index (κ3) is 4.09. The molecular formula is C24H29N5O. The van der Waals surface area contributed by atoms with Crippen LogP contribution in [0.3, 0.4) is 0 Å². The van der Waals surface area contributed by atoms with Gasteiger partial charge in [-0.3, -0.25) is 9.48 Å². The zero-order valence-corrected chi connectivity index (χ0v) is 17.8. The highest BCUT2D eigenvalue weighted by Crippen LogP contribution is 2.41. The summed E-state index contributed by atoms with van der Waals surface area (Å²) in [7, 11) is 1.94. The number of fused-ring (bicyclic) bond motifs is 1. The van der Waals surface area contributed by atoms with Gasteiger partial charge in [0.2, 0.25) is 5.91 Å². The first-order chi connectivity index (χ1) is 14.6. The normalized spacial score (nSPS) is 18.2. The van der Waals surface area contributed by atoms with Gasteiger partial charge in [0.25, 0.3) is 0 Å². The van der Waals surface area contributed by atoms with E-state index in [-0.39, 0.29) is 18.0 Å². The molecule has 1 aliphatic rings. The number of hydrogen-bond acceptors (Lipinski definition) is 4. The molecule has 0 bridgehead atoms. The fourth-order valence-electron chi connectivity index (χ4n) is 4.26. The average Bonchev–Trinajstić information content (AvgIpc) is 3.21. The smallest absolute Gasteiger partial charge is 0.224 e. The van der Waals surface area contributed by atoms with E-state index < -0.39 is 0 Å². The van der Waals surface area contributed by atoms with E-state index in [0.717, 1.165) is 47.6 Å². The summed E-state index contributed by atoms with van der Waals surface area (Å²) < 4.78 is 1.95. The fourth-order valence-corrected chi connectivity index (χ4v) is 4.26. The van der Waals surface area contributed by atoms with Crippen LogP contribution in [0.15, 0.2) is 60.9 Å². The number of amides is 1. The summed E-state index contributed by atoms with van der Waals surface area (Å²) in [4.78, 5) is 14.3. The molecule has 0 aliphatic carbocycles. The van der Waals surface area contributed by atoms with E-state index in [1.54, 1.807) is 6.92 Å². The van der Waals surface area contributed by atoms with Crippen LogP contribution in [0.5, 0.6) is 0 Å². The van der Waals surface area contributed by atoms with E-state index in [2.05, 4.69) is 59.2 Å². The number of nitrogens with zero attached hydrogens (tertiary/aromatic N) is 3. The number of carbonyl (C=O) groups excluding carboxylic acids is 1. The fraction of sp³-hybridized carbons (Fsp3) is 0.333. The number of rotatable bonds is 6. The lowest BCUT2D eigenvalue weighted by Gasteiger charge is -2.39. The summed E-state index contributed by atoms with van der Waals surface area (Å²) in [5.41, 5.74) is 5.42. The van der Waals surface area contributed by atoms with Crippen LogP contribution in [0, 0.1) is 0 Å². The van der Waals surface area contributed by atoms with Crippen molar-refractivity contribution < 1.29 is 4.79 Å². The molecule has 2 atom stereocenters. The predicted octanol–water partition coefficient (Wildman–Crippen LogP) is 4.07. The minimum absolute atomic E-state index is 0.0783. The number of hydrogen-bond donors (Lipinski definition) is 2. The molecule has 0 spiro atoms. The highest BCUT2D eigenvalue weighted by atomic mass is 16.2. The summed E-state index contributed by atoms with van der Waals surface area (Å²) in [5.74, 6) is 0.0783. The zero-order valence-electron chi connectivity index (χ0n) is 17.8. The Bertz CT molecular complexity index is 1010. The number of aromatic nitrogens is 2. The van der Waals surface area contributed by atoms with Gasteiger partial charge >= 0.3 is 0 Å². The maximum absolute atomic E-state index is 12.4. The summed E-state index contributed by atoms with van der Waals surface area (Å²) in [5, 5.41) is 11.3. The molecule has 156 valence electrons. The third-order valence-corrected chi connectivity index (χ3v) is 5.69. The van der Waals surface area contributed by atoms with Gasteiger partial charge in [-0.15, -0.1) is 0 Å². The molecule has 2 N–H and O–H groups in total. The molecule has 0 radical (unpaired) electrons. The van der Waals surface area contributed by atoms with E-state index in [0.29, 0.717) is 0 Å². The van der Waals surface area contributed by atoms with Crippen molar-refractivity contribution in [3.8, 4) is 11.1 Å². The second kappa shape index (κ2) is 8.71. The number of carbonyl (C=O) groups is 1. The first-order valence-corrected chi connectivity index (χ1v) is 10.5. The van der Waals surface area contributed by atoms with Gasteiger partial charge in [-0.2, -0.15) is 5.10 Å². The van der Waals surface area contributed by atoms with Gasteiger partial charge in [0, 0.05) is 42.6 Å². The summed E-state index contributed by atoms with van der Waals surface area (Å²) in [6.45, 7) is 5.46. The van der Waals surface area contributed by atoms with Crippen LogP contribution >= 0.6 is 0 Å². The number of benzene rings is 2. The maximum atomic E-state index is 12.4. The summed E-state index contributed by atoms with van der Waals surface area (Å²) in [6, 6.07) is 16.9. The lowest BCUT2D eigenvalue weighted by atomic mass is 9.89. The highest BCUT2D eigenvalue weighted by molar-refractivity contribution is 5.94. The quantitative estimate of drug-likeness (QED) is 0.651. The molecule has 0 fully saturated rings. The van der Waals surface area contributed by atoms with Gasteiger partial charge in [0.05, 0.1) is 18.8 Å².